The van der Waals surface area contributed by atoms with Crippen LogP contribution in [0.15, 0.2) is 48.5 Å². The Kier molecular flexibility index (Phi) is 8.25. The number of halogens is 3. The van der Waals surface area contributed by atoms with Crippen molar-refractivity contribution in [3.63, 3.8) is 0 Å². The number of hydrogen-bond acceptors (Lipinski definition) is 5. The van der Waals surface area contributed by atoms with Crippen LogP contribution in [0.1, 0.15) is 40.1 Å². The molecule has 1 saturated heterocycles. The average molecular weight is 533 g/mol. The number of hydrogen-bond donors (Lipinski definition) is 1. The third-order valence-electron chi connectivity index (χ3n) is 6.85. The van der Waals surface area contributed by atoms with E-state index in [0.29, 0.717) is 18.7 Å². The molecule has 3 amide bonds. The molecule has 8 nitrogen and oxygen atoms in total. The Hall–Kier alpha value is -3.60. The topological polar surface area (TPSA) is 82.2 Å². The molecule has 0 unspecified atom stereocenters. The fraction of sp³-hybridized carbons (Fsp3) is 0.444. The molecule has 2 aliphatic heterocycles. The lowest BCUT2D eigenvalue weighted by molar-refractivity contribution is -0.139. The van der Waals surface area contributed by atoms with Crippen molar-refractivity contribution in [2.75, 3.05) is 45.9 Å². The largest absolute Gasteiger partial charge is 0.491 e. The van der Waals surface area contributed by atoms with Crippen molar-refractivity contribution < 1.29 is 32.3 Å². The molecule has 0 spiro atoms. The van der Waals surface area contributed by atoms with Crippen molar-refractivity contribution in [3.05, 3.63) is 65.2 Å². The highest BCUT2D eigenvalue weighted by Crippen LogP contribution is 2.33. The summed E-state index contributed by atoms with van der Waals surface area (Å²) in [5, 5.41) is 2.65. The van der Waals surface area contributed by atoms with Gasteiger partial charge in [-0.25, -0.2) is 0 Å². The van der Waals surface area contributed by atoms with Crippen molar-refractivity contribution in [1.29, 1.82) is 0 Å². The fourth-order valence-electron chi connectivity index (χ4n) is 4.66. The van der Waals surface area contributed by atoms with Crippen LogP contribution in [0.5, 0.6) is 5.75 Å². The second-order valence-electron chi connectivity index (χ2n) is 9.70. The predicted octanol–water partition coefficient (Wildman–Crippen LogP) is 2.89. The molecule has 2 aliphatic rings. The predicted molar refractivity (Wildman–Crippen MR) is 134 cm³/mol. The number of nitrogens with one attached hydrogen (secondary N) is 1. The first-order valence-electron chi connectivity index (χ1n) is 12.5. The van der Waals surface area contributed by atoms with Gasteiger partial charge in [-0.05, 0) is 44.2 Å². The molecule has 2 aromatic carbocycles. The maximum absolute atomic E-state index is 13.4. The molecular formula is C27H31F3N4O4. The van der Waals surface area contributed by atoms with Gasteiger partial charge < -0.3 is 19.9 Å². The van der Waals surface area contributed by atoms with Crippen molar-refractivity contribution in [2.24, 2.45) is 0 Å². The Labute approximate surface area is 219 Å². The van der Waals surface area contributed by atoms with E-state index in [9.17, 15) is 27.6 Å². The fourth-order valence-corrected chi connectivity index (χ4v) is 4.66. The third-order valence-corrected chi connectivity index (χ3v) is 6.85. The van der Waals surface area contributed by atoms with E-state index in [2.05, 4.69) is 5.32 Å². The van der Waals surface area contributed by atoms with E-state index in [-0.39, 0.29) is 62.0 Å². The smallest absolute Gasteiger partial charge is 0.416 e. The Morgan fingerprint density at radius 1 is 1.05 bits per heavy atom. The first kappa shape index (κ1) is 27.4. The standard InChI is InChI=1S/C27H31F3N4O4/c1-18(2)32-11-10-31-25(36)22-14-20(27(28,29)30)8-9-23(22)38-17-21-15-33(12-13-34(21)24(35)16-32)26(37)19-6-4-3-5-7-19/h3-9,14,18,21H,10-13,15-17H2,1-2H3,(H,31,36)/t21-/m0/s1. The lowest BCUT2D eigenvalue weighted by Crippen LogP contribution is -2.60. The number of fused-ring (bicyclic) bond motifs is 2. The van der Waals surface area contributed by atoms with Crippen LogP contribution in [0.3, 0.4) is 0 Å². The molecule has 0 radical (unpaired) electrons. The molecule has 204 valence electrons. The summed E-state index contributed by atoms with van der Waals surface area (Å²) in [5.74, 6) is -1.03. The number of carbonyl (C=O) groups is 3. The van der Waals surface area contributed by atoms with Crippen LogP contribution in [-0.4, -0.2) is 90.4 Å². The van der Waals surface area contributed by atoms with Gasteiger partial charge in [0.25, 0.3) is 11.8 Å². The number of amides is 3. The quantitative estimate of drug-likeness (QED) is 0.644. The molecule has 38 heavy (non-hydrogen) atoms. The summed E-state index contributed by atoms with van der Waals surface area (Å²) in [6.45, 7) is 5.13. The monoisotopic (exact) mass is 532 g/mol. The molecule has 1 fully saturated rings. The summed E-state index contributed by atoms with van der Waals surface area (Å²) in [6.07, 6.45) is -4.63. The van der Waals surface area contributed by atoms with Crippen molar-refractivity contribution in [2.45, 2.75) is 32.1 Å². The summed E-state index contributed by atoms with van der Waals surface area (Å²) in [5.41, 5.74) is -0.677. The van der Waals surface area contributed by atoms with E-state index >= 15 is 0 Å². The average Bonchev–Trinajstić information content (AvgIpc) is 2.90. The number of benzene rings is 2. The molecule has 2 heterocycles. The van der Waals surface area contributed by atoms with E-state index in [1.54, 1.807) is 34.1 Å². The number of nitrogens with zero attached hydrogens (tertiary/aromatic N) is 3. The highest BCUT2D eigenvalue weighted by molar-refractivity contribution is 5.97. The number of carbonyl (C=O) groups excluding carboxylic acids is 3. The van der Waals surface area contributed by atoms with Gasteiger partial charge in [-0.15, -0.1) is 0 Å². The zero-order valence-corrected chi connectivity index (χ0v) is 21.3. The first-order chi connectivity index (χ1) is 18.0. The number of rotatable bonds is 2. The normalized spacial score (nSPS) is 19.9. The number of ether oxygens (including phenoxy) is 1. The molecule has 0 aliphatic carbocycles. The molecular weight excluding hydrogens is 501 g/mol. The third kappa shape index (κ3) is 6.27. The van der Waals surface area contributed by atoms with E-state index in [1.165, 1.54) is 0 Å². The lowest BCUT2D eigenvalue weighted by Gasteiger charge is -2.42. The highest BCUT2D eigenvalue weighted by atomic mass is 19.4. The minimum absolute atomic E-state index is 0.0132. The van der Waals surface area contributed by atoms with Crippen LogP contribution in [0, 0.1) is 0 Å². The van der Waals surface area contributed by atoms with Crippen LogP contribution in [0.25, 0.3) is 0 Å². The van der Waals surface area contributed by atoms with Gasteiger partial charge in [-0.3, -0.25) is 19.3 Å². The summed E-state index contributed by atoms with van der Waals surface area (Å²) >= 11 is 0. The zero-order chi connectivity index (χ0) is 27.4. The molecule has 11 heteroatoms. The van der Waals surface area contributed by atoms with E-state index in [1.807, 2.05) is 24.8 Å². The van der Waals surface area contributed by atoms with Crippen molar-refractivity contribution >= 4 is 17.7 Å². The van der Waals surface area contributed by atoms with Gasteiger partial charge in [0, 0.05) is 44.3 Å². The molecule has 1 atom stereocenters. The van der Waals surface area contributed by atoms with Gasteiger partial charge in [-0.1, -0.05) is 18.2 Å². The van der Waals surface area contributed by atoms with Crippen molar-refractivity contribution in [1.82, 2.24) is 20.0 Å². The second-order valence-corrected chi connectivity index (χ2v) is 9.70. The minimum Gasteiger partial charge on any atom is -0.491 e. The summed E-state index contributed by atoms with van der Waals surface area (Å²) in [7, 11) is 0. The second kappa shape index (κ2) is 11.4. The number of alkyl halides is 3. The first-order valence-corrected chi connectivity index (χ1v) is 12.5. The summed E-state index contributed by atoms with van der Waals surface area (Å²) < 4.78 is 46.1. The van der Waals surface area contributed by atoms with Gasteiger partial charge in [0.05, 0.1) is 23.7 Å². The van der Waals surface area contributed by atoms with Gasteiger partial charge in [-0.2, -0.15) is 13.2 Å². The number of piperazine rings is 1. The van der Waals surface area contributed by atoms with Crippen LogP contribution in [0.4, 0.5) is 13.2 Å². The maximum atomic E-state index is 13.4. The highest BCUT2D eigenvalue weighted by Gasteiger charge is 2.36. The van der Waals surface area contributed by atoms with Crippen LogP contribution in [-0.2, 0) is 11.0 Å². The van der Waals surface area contributed by atoms with Gasteiger partial charge >= 0.3 is 6.18 Å². The van der Waals surface area contributed by atoms with Crippen LogP contribution < -0.4 is 10.1 Å². The van der Waals surface area contributed by atoms with Crippen LogP contribution >= 0.6 is 0 Å². The Balaban J connectivity index is 1.65. The van der Waals surface area contributed by atoms with E-state index in [4.69, 9.17) is 4.74 Å². The molecule has 0 aromatic heterocycles. The molecule has 4 rings (SSSR count). The van der Waals surface area contributed by atoms with Crippen molar-refractivity contribution in [3.8, 4) is 5.75 Å². The maximum Gasteiger partial charge on any atom is 0.416 e. The van der Waals surface area contributed by atoms with Gasteiger partial charge in [0.2, 0.25) is 5.91 Å². The molecule has 0 bridgehead atoms. The lowest BCUT2D eigenvalue weighted by atomic mass is 10.1. The molecule has 1 N–H and O–H groups in total. The summed E-state index contributed by atoms with van der Waals surface area (Å²) in [6, 6.07) is 11.0. The minimum atomic E-state index is -4.63. The van der Waals surface area contributed by atoms with Gasteiger partial charge in [0.15, 0.2) is 0 Å². The Morgan fingerprint density at radius 3 is 2.47 bits per heavy atom. The van der Waals surface area contributed by atoms with Crippen LogP contribution in [0.2, 0.25) is 0 Å². The van der Waals surface area contributed by atoms with Gasteiger partial charge in [0.1, 0.15) is 12.4 Å². The SMILES string of the molecule is CC(C)N1CCNC(=O)c2cc(C(F)(F)F)ccc2OC[C@@H]2CN(C(=O)c3ccccc3)CCN2C(=O)C1. The van der Waals surface area contributed by atoms with E-state index < -0.39 is 23.7 Å². The Bertz CT molecular complexity index is 1170. The molecule has 2 aromatic rings. The summed E-state index contributed by atoms with van der Waals surface area (Å²) in [4.78, 5) is 44.6. The Morgan fingerprint density at radius 2 is 1.79 bits per heavy atom. The molecule has 0 saturated carbocycles. The van der Waals surface area contributed by atoms with E-state index in [0.717, 1.165) is 18.2 Å². The zero-order valence-electron chi connectivity index (χ0n) is 21.3.